The maximum absolute atomic E-state index is 13.1. The average molecular weight is 366 g/mol. The van der Waals surface area contributed by atoms with E-state index in [-0.39, 0.29) is 17.9 Å². The standard InChI is InChI=1S/C23H31N3O/c1-25(17-19-8-4-2-5-9-19)14-15-26(18-20-10-6-3-7-11-20)23(27)21-12-13-22(24)16-21/h2-11,21-22H,12-18,24H2,1H3. The smallest absolute Gasteiger partial charge is 0.226 e. The normalized spacial score (nSPS) is 19.4. The van der Waals surface area contributed by atoms with Gasteiger partial charge in [0.15, 0.2) is 0 Å². The van der Waals surface area contributed by atoms with Gasteiger partial charge in [-0.05, 0) is 37.4 Å². The Labute approximate surface area is 163 Å². The molecule has 0 heterocycles. The molecule has 4 heteroatoms. The Kier molecular flexibility index (Phi) is 7.02. The number of nitrogens with two attached hydrogens (primary N) is 1. The van der Waals surface area contributed by atoms with Crippen molar-refractivity contribution >= 4 is 5.91 Å². The molecule has 1 fully saturated rings. The van der Waals surface area contributed by atoms with Gasteiger partial charge in [0.1, 0.15) is 0 Å². The molecule has 27 heavy (non-hydrogen) atoms. The van der Waals surface area contributed by atoms with Crippen molar-refractivity contribution in [1.82, 2.24) is 9.80 Å². The van der Waals surface area contributed by atoms with Gasteiger partial charge in [-0.1, -0.05) is 60.7 Å². The Bertz CT molecular complexity index is 704. The van der Waals surface area contributed by atoms with E-state index in [1.54, 1.807) is 0 Å². The maximum atomic E-state index is 13.1. The first kappa shape index (κ1) is 19.6. The van der Waals surface area contributed by atoms with Crippen LogP contribution >= 0.6 is 0 Å². The second-order valence-corrected chi connectivity index (χ2v) is 7.74. The van der Waals surface area contributed by atoms with Crippen molar-refractivity contribution in [2.45, 2.75) is 38.4 Å². The van der Waals surface area contributed by atoms with Crippen molar-refractivity contribution in [2.24, 2.45) is 11.7 Å². The van der Waals surface area contributed by atoms with Crippen LogP contribution in [0.4, 0.5) is 0 Å². The predicted octanol–water partition coefficient (Wildman–Crippen LogP) is 3.27. The molecular formula is C23H31N3O. The molecular weight excluding hydrogens is 334 g/mol. The number of likely N-dealkylation sites (N-methyl/N-ethyl adjacent to an activating group) is 1. The second kappa shape index (κ2) is 9.67. The van der Waals surface area contributed by atoms with Gasteiger partial charge in [0, 0.05) is 38.1 Å². The van der Waals surface area contributed by atoms with Crippen LogP contribution in [-0.4, -0.2) is 41.9 Å². The SMILES string of the molecule is CN(CCN(Cc1ccccc1)C(=O)C1CCC(N)C1)Cc1ccccc1. The summed E-state index contributed by atoms with van der Waals surface area (Å²) in [7, 11) is 2.11. The summed E-state index contributed by atoms with van der Waals surface area (Å²) in [5, 5.41) is 0. The van der Waals surface area contributed by atoms with E-state index in [0.717, 1.165) is 38.9 Å². The van der Waals surface area contributed by atoms with E-state index in [4.69, 9.17) is 5.73 Å². The molecule has 0 aliphatic heterocycles. The molecule has 0 bridgehead atoms. The van der Waals surface area contributed by atoms with Crippen molar-refractivity contribution in [3.05, 3.63) is 71.8 Å². The first-order chi connectivity index (χ1) is 13.1. The van der Waals surface area contributed by atoms with Gasteiger partial charge in [-0.3, -0.25) is 4.79 Å². The highest BCUT2D eigenvalue weighted by molar-refractivity contribution is 5.79. The van der Waals surface area contributed by atoms with Crippen LogP contribution in [0.15, 0.2) is 60.7 Å². The summed E-state index contributed by atoms with van der Waals surface area (Å²) in [6.45, 7) is 3.15. The second-order valence-electron chi connectivity index (χ2n) is 7.74. The monoisotopic (exact) mass is 365 g/mol. The zero-order valence-corrected chi connectivity index (χ0v) is 16.3. The van der Waals surface area contributed by atoms with Crippen LogP contribution in [0.3, 0.4) is 0 Å². The molecule has 2 unspecified atom stereocenters. The molecule has 2 aromatic rings. The zero-order chi connectivity index (χ0) is 19.1. The number of benzene rings is 2. The van der Waals surface area contributed by atoms with E-state index in [2.05, 4.69) is 48.3 Å². The largest absolute Gasteiger partial charge is 0.337 e. The Morgan fingerprint density at radius 3 is 2.07 bits per heavy atom. The molecule has 2 aromatic carbocycles. The molecule has 4 nitrogen and oxygen atoms in total. The third-order valence-corrected chi connectivity index (χ3v) is 5.40. The van der Waals surface area contributed by atoms with E-state index in [1.165, 1.54) is 11.1 Å². The van der Waals surface area contributed by atoms with Crippen LogP contribution in [0, 0.1) is 5.92 Å². The van der Waals surface area contributed by atoms with E-state index >= 15 is 0 Å². The fraction of sp³-hybridized carbons (Fsp3) is 0.435. The highest BCUT2D eigenvalue weighted by Gasteiger charge is 2.31. The van der Waals surface area contributed by atoms with Gasteiger partial charge in [-0.2, -0.15) is 0 Å². The molecule has 1 aliphatic carbocycles. The van der Waals surface area contributed by atoms with E-state index in [9.17, 15) is 4.79 Å². The Balaban J connectivity index is 1.61. The molecule has 0 saturated heterocycles. The van der Waals surface area contributed by atoms with Gasteiger partial charge in [0.2, 0.25) is 5.91 Å². The highest BCUT2D eigenvalue weighted by atomic mass is 16.2. The molecule has 1 saturated carbocycles. The number of rotatable bonds is 8. The quantitative estimate of drug-likeness (QED) is 0.781. The number of carbonyl (C=O) groups is 1. The predicted molar refractivity (Wildman–Crippen MR) is 110 cm³/mol. The van der Waals surface area contributed by atoms with Crippen LogP contribution in [0.1, 0.15) is 30.4 Å². The minimum Gasteiger partial charge on any atom is -0.337 e. The number of hydrogen-bond acceptors (Lipinski definition) is 3. The summed E-state index contributed by atoms with van der Waals surface area (Å²) in [6, 6.07) is 20.9. The van der Waals surface area contributed by atoms with Crippen molar-refractivity contribution in [1.29, 1.82) is 0 Å². The molecule has 1 aliphatic rings. The first-order valence-electron chi connectivity index (χ1n) is 9.92. The summed E-state index contributed by atoms with van der Waals surface area (Å²) in [5.74, 6) is 0.350. The lowest BCUT2D eigenvalue weighted by Gasteiger charge is -2.28. The Morgan fingerprint density at radius 2 is 1.52 bits per heavy atom. The van der Waals surface area contributed by atoms with Crippen LogP contribution in [-0.2, 0) is 17.9 Å². The van der Waals surface area contributed by atoms with E-state index in [1.807, 2.05) is 29.2 Å². The van der Waals surface area contributed by atoms with Crippen LogP contribution in [0.25, 0.3) is 0 Å². The highest BCUT2D eigenvalue weighted by Crippen LogP contribution is 2.26. The molecule has 2 N–H and O–H groups in total. The fourth-order valence-corrected chi connectivity index (χ4v) is 3.84. The average Bonchev–Trinajstić information content (AvgIpc) is 3.12. The zero-order valence-electron chi connectivity index (χ0n) is 16.3. The van der Waals surface area contributed by atoms with Crippen LogP contribution < -0.4 is 5.73 Å². The van der Waals surface area contributed by atoms with Gasteiger partial charge >= 0.3 is 0 Å². The lowest BCUT2D eigenvalue weighted by Crippen LogP contribution is -2.40. The van der Waals surface area contributed by atoms with Gasteiger partial charge in [0.25, 0.3) is 0 Å². The molecule has 0 aromatic heterocycles. The van der Waals surface area contributed by atoms with Crippen molar-refractivity contribution in [2.75, 3.05) is 20.1 Å². The molecule has 2 atom stereocenters. The van der Waals surface area contributed by atoms with Gasteiger partial charge in [-0.15, -0.1) is 0 Å². The van der Waals surface area contributed by atoms with Crippen LogP contribution in [0.2, 0.25) is 0 Å². The lowest BCUT2D eigenvalue weighted by molar-refractivity contribution is -0.136. The lowest BCUT2D eigenvalue weighted by atomic mass is 10.1. The third-order valence-electron chi connectivity index (χ3n) is 5.40. The van der Waals surface area contributed by atoms with Gasteiger partial charge in [-0.25, -0.2) is 0 Å². The fourth-order valence-electron chi connectivity index (χ4n) is 3.84. The summed E-state index contributed by atoms with van der Waals surface area (Å²) in [4.78, 5) is 17.4. The molecule has 0 radical (unpaired) electrons. The summed E-state index contributed by atoms with van der Waals surface area (Å²) >= 11 is 0. The molecule has 3 rings (SSSR count). The van der Waals surface area contributed by atoms with Crippen molar-refractivity contribution in [3.8, 4) is 0 Å². The number of hydrogen-bond donors (Lipinski definition) is 1. The van der Waals surface area contributed by atoms with Crippen LogP contribution in [0.5, 0.6) is 0 Å². The van der Waals surface area contributed by atoms with E-state index < -0.39 is 0 Å². The number of amides is 1. The molecule has 144 valence electrons. The number of carbonyl (C=O) groups excluding carboxylic acids is 1. The molecule has 1 amide bonds. The van der Waals surface area contributed by atoms with Gasteiger partial charge in [0.05, 0.1) is 0 Å². The van der Waals surface area contributed by atoms with Gasteiger partial charge < -0.3 is 15.5 Å². The summed E-state index contributed by atoms with van der Waals surface area (Å²) in [5.41, 5.74) is 8.52. The minimum absolute atomic E-state index is 0.0862. The third kappa shape index (κ3) is 5.91. The van der Waals surface area contributed by atoms with Crippen molar-refractivity contribution in [3.63, 3.8) is 0 Å². The summed E-state index contributed by atoms with van der Waals surface area (Å²) in [6.07, 6.45) is 2.71. The Morgan fingerprint density at radius 1 is 0.926 bits per heavy atom. The molecule has 0 spiro atoms. The minimum atomic E-state index is 0.0862. The number of nitrogens with zero attached hydrogens (tertiary/aromatic N) is 2. The van der Waals surface area contributed by atoms with E-state index in [0.29, 0.717) is 6.54 Å². The van der Waals surface area contributed by atoms with Crippen molar-refractivity contribution < 1.29 is 4.79 Å². The summed E-state index contributed by atoms with van der Waals surface area (Å²) < 4.78 is 0. The topological polar surface area (TPSA) is 49.6 Å². The first-order valence-corrected chi connectivity index (χ1v) is 9.92. The maximum Gasteiger partial charge on any atom is 0.226 e. The Hall–Kier alpha value is -2.17.